The Hall–Kier alpha value is -1.13. The molecule has 1 aromatic rings. The number of hydrogen-bond acceptors (Lipinski definition) is 3. The van der Waals surface area contributed by atoms with E-state index in [0.717, 1.165) is 25.7 Å². The number of fused-ring (bicyclic) bond motifs is 1. The van der Waals surface area contributed by atoms with Gasteiger partial charge >= 0.3 is 0 Å². The van der Waals surface area contributed by atoms with E-state index in [1.54, 1.807) is 12.1 Å². The zero-order chi connectivity index (χ0) is 13.1. The van der Waals surface area contributed by atoms with Crippen LogP contribution in [-0.4, -0.2) is 55.1 Å². The molecule has 0 bridgehead atoms. The summed E-state index contributed by atoms with van der Waals surface area (Å²) in [6.45, 7) is 6.62. The molecule has 4 heteroatoms. The van der Waals surface area contributed by atoms with Crippen molar-refractivity contribution in [1.82, 2.24) is 9.80 Å². The monoisotopic (exact) mass is 263 g/mol. The van der Waals surface area contributed by atoms with E-state index in [1.807, 2.05) is 6.07 Å². The zero-order valence-corrected chi connectivity index (χ0v) is 11.3. The number of rotatable bonds is 4. The van der Waals surface area contributed by atoms with Crippen molar-refractivity contribution in [2.45, 2.75) is 18.9 Å². The molecule has 1 N–H and O–H groups in total. The van der Waals surface area contributed by atoms with Gasteiger partial charge < -0.3 is 5.32 Å². The second kappa shape index (κ2) is 5.88. The van der Waals surface area contributed by atoms with Crippen LogP contribution in [0.5, 0.6) is 0 Å². The topological polar surface area (TPSA) is 18.5 Å². The molecule has 0 spiro atoms. The van der Waals surface area contributed by atoms with E-state index in [2.05, 4.69) is 15.1 Å². The van der Waals surface area contributed by atoms with E-state index in [0.29, 0.717) is 5.69 Å². The molecular weight excluding hydrogens is 241 g/mol. The SMILES string of the molecule is Fc1ccccc1NCCN1CCN2CCCC2C1. The highest BCUT2D eigenvalue weighted by atomic mass is 19.1. The summed E-state index contributed by atoms with van der Waals surface area (Å²) in [5.41, 5.74) is 0.613. The Bertz CT molecular complexity index is 424. The molecule has 2 fully saturated rings. The average molecular weight is 263 g/mol. The molecule has 2 aliphatic rings. The minimum atomic E-state index is -0.164. The maximum absolute atomic E-state index is 13.4. The van der Waals surface area contributed by atoms with Crippen molar-refractivity contribution < 1.29 is 4.39 Å². The maximum atomic E-state index is 13.4. The third-order valence-corrected chi connectivity index (χ3v) is 4.29. The highest BCUT2D eigenvalue weighted by molar-refractivity contribution is 5.44. The van der Waals surface area contributed by atoms with Crippen molar-refractivity contribution in [3.05, 3.63) is 30.1 Å². The fraction of sp³-hybridized carbons (Fsp3) is 0.600. The number of nitrogens with one attached hydrogen (secondary N) is 1. The predicted octanol–water partition coefficient (Wildman–Crippen LogP) is 2.02. The van der Waals surface area contributed by atoms with E-state index in [-0.39, 0.29) is 5.82 Å². The van der Waals surface area contributed by atoms with E-state index in [9.17, 15) is 4.39 Å². The summed E-state index contributed by atoms with van der Waals surface area (Å²) < 4.78 is 13.4. The van der Waals surface area contributed by atoms with Crippen LogP contribution in [0.1, 0.15) is 12.8 Å². The minimum absolute atomic E-state index is 0.164. The van der Waals surface area contributed by atoms with Gasteiger partial charge in [0.15, 0.2) is 0 Å². The number of halogens is 1. The van der Waals surface area contributed by atoms with Crippen LogP contribution in [0.3, 0.4) is 0 Å². The van der Waals surface area contributed by atoms with Crippen LogP contribution in [0.2, 0.25) is 0 Å². The summed E-state index contributed by atoms with van der Waals surface area (Å²) in [6.07, 6.45) is 2.70. The lowest BCUT2D eigenvalue weighted by atomic mass is 10.1. The van der Waals surface area contributed by atoms with Crippen molar-refractivity contribution in [1.29, 1.82) is 0 Å². The normalized spacial score (nSPS) is 24.4. The van der Waals surface area contributed by atoms with Gasteiger partial charge in [-0.15, -0.1) is 0 Å². The lowest BCUT2D eigenvalue weighted by Gasteiger charge is -2.37. The first-order valence-corrected chi connectivity index (χ1v) is 7.28. The van der Waals surface area contributed by atoms with Crippen molar-refractivity contribution in [3.63, 3.8) is 0 Å². The molecule has 0 aromatic heterocycles. The Balaban J connectivity index is 1.44. The van der Waals surface area contributed by atoms with Gasteiger partial charge in [-0.25, -0.2) is 4.39 Å². The largest absolute Gasteiger partial charge is 0.381 e. The van der Waals surface area contributed by atoms with E-state index in [4.69, 9.17) is 0 Å². The van der Waals surface area contributed by atoms with E-state index < -0.39 is 0 Å². The van der Waals surface area contributed by atoms with Gasteiger partial charge in [-0.3, -0.25) is 9.80 Å². The molecule has 0 radical (unpaired) electrons. The highest BCUT2D eigenvalue weighted by Gasteiger charge is 2.29. The molecular formula is C15H22FN3. The molecule has 2 heterocycles. The van der Waals surface area contributed by atoms with E-state index >= 15 is 0 Å². The third-order valence-electron chi connectivity index (χ3n) is 4.29. The summed E-state index contributed by atoms with van der Waals surface area (Å²) in [4.78, 5) is 5.11. The summed E-state index contributed by atoms with van der Waals surface area (Å²) >= 11 is 0. The Morgan fingerprint density at radius 1 is 1.21 bits per heavy atom. The van der Waals surface area contributed by atoms with Gasteiger partial charge in [0.05, 0.1) is 5.69 Å². The molecule has 19 heavy (non-hydrogen) atoms. The standard InChI is InChI=1S/C15H22FN3/c16-14-5-1-2-6-15(14)17-7-9-18-10-11-19-8-3-4-13(19)12-18/h1-2,5-6,13,17H,3-4,7-12H2. The van der Waals surface area contributed by atoms with Crippen LogP contribution in [-0.2, 0) is 0 Å². The van der Waals surface area contributed by atoms with Crippen LogP contribution in [0.4, 0.5) is 10.1 Å². The molecule has 1 unspecified atom stereocenters. The average Bonchev–Trinajstić information content (AvgIpc) is 2.88. The molecule has 0 amide bonds. The highest BCUT2D eigenvalue weighted by Crippen LogP contribution is 2.21. The smallest absolute Gasteiger partial charge is 0.146 e. The first kappa shape index (κ1) is 12.9. The molecule has 2 saturated heterocycles. The molecule has 1 aromatic carbocycles. The first-order valence-electron chi connectivity index (χ1n) is 7.28. The number of piperazine rings is 1. The lowest BCUT2D eigenvalue weighted by molar-refractivity contribution is 0.108. The van der Waals surface area contributed by atoms with Crippen LogP contribution >= 0.6 is 0 Å². The number of anilines is 1. The zero-order valence-electron chi connectivity index (χ0n) is 11.3. The van der Waals surface area contributed by atoms with E-state index in [1.165, 1.54) is 38.5 Å². The second-order valence-electron chi connectivity index (χ2n) is 5.54. The molecule has 0 aliphatic carbocycles. The number of para-hydroxylation sites is 1. The second-order valence-corrected chi connectivity index (χ2v) is 5.54. The van der Waals surface area contributed by atoms with Crippen LogP contribution in [0.25, 0.3) is 0 Å². The first-order chi connectivity index (χ1) is 9.33. The third kappa shape index (κ3) is 3.07. The van der Waals surface area contributed by atoms with Crippen molar-refractivity contribution >= 4 is 5.69 Å². The molecule has 3 rings (SSSR count). The molecule has 2 aliphatic heterocycles. The summed E-state index contributed by atoms with van der Waals surface area (Å²) in [7, 11) is 0. The maximum Gasteiger partial charge on any atom is 0.146 e. The van der Waals surface area contributed by atoms with Crippen molar-refractivity contribution in [3.8, 4) is 0 Å². The van der Waals surface area contributed by atoms with Crippen LogP contribution in [0, 0.1) is 5.82 Å². The van der Waals surface area contributed by atoms with Crippen molar-refractivity contribution in [2.75, 3.05) is 44.6 Å². The fourth-order valence-electron chi connectivity index (χ4n) is 3.21. The summed E-state index contributed by atoms with van der Waals surface area (Å²) in [6, 6.07) is 7.65. The van der Waals surface area contributed by atoms with Gasteiger partial charge in [-0.2, -0.15) is 0 Å². The quantitative estimate of drug-likeness (QED) is 0.896. The fourth-order valence-corrected chi connectivity index (χ4v) is 3.21. The molecule has 104 valence electrons. The van der Waals surface area contributed by atoms with Gasteiger partial charge in [-0.1, -0.05) is 12.1 Å². The van der Waals surface area contributed by atoms with Gasteiger partial charge in [0.2, 0.25) is 0 Å². The summed E-state index contributed by atoms with van der Waals surface area (Å²) in [5.74, 6) is -0.164. The van der Waals surface area contributed by atoms with Crippen LogP contribution in [0.15, 0.2) is 24.3 Å². The Morgan fingerprint density at radius 3 is 3.00 bits per heavy atom. The van der Waals surface area contributed by atoms with Gasteiger partial charge in [-0.05, 0) is 31.5 Å². The molecule has 0 saturated carbocycles. The number of hydrogen-bond donors (Lipinski definition) is 1. The minimum Gasteiger partial charge on any atom is -0.381 e. The molecule has 1 atom stereocenters. The van der Waals surface area contributed by atoms with Crippen LogP contribution < -0.4 is 5.32 Å². The summed E-state index contributed by atoms with van der Waals surface area (Å²) in [5, 5.41) is 3.19. The number of benzene rings is 1. The Kier molecular flexibility index (Phi) is 3.99. The predicted molar refractivity (Wildman–Crippen MR) is 75.9 cm³/mol. The molecule has 3 nitrogen and oxygen atoms in total. The van der Waals surface area contributed by atoms with Gasteiger partial charge in [0.1, 0.15) is 5.82 Å². The van der Waals surface area contributed by atoms with Gasteiger partial charge in [0, 0.05) is 38.8 Å². The van der Waals surface area contributed by atoms with Crippen molar-refractivity contribution in [2.24, 2.45) is 0 Å². The Morgan fingerprint density at radius 2 is 2.11 bits per heavy atom. The lowest BCUT2D eigenvalue weighted by Crippen LogP contribution is -2.51. The number of nitrogens with zero attached hydrogens (tertiary/aromatic N) is 2. The Labute approximate surface area is 114 Å². The van der Waals surface area contributed by atoms with Gasteiger partial charge in [0.25, 0.3) is 0 Å².